The molecular weight excluding hydrogens is 362 g/mol. The van der Waals surface area contributed by atoms with E-state index in [1.807, 2.05) is 0 Å². The van der Waals surface area contributed by atoms with Crippen LogP contribution >= 0.6 is 11.6 Å². The Balaban J connectivity index is 2.35. The lowest BCUT2D eigenvalue weighted by molar-refractivity contribution is -0.386. The number of nitrogens with one attached hydrogen (secondary N) is 2. The van der Waals surface area contributed by atoms with Crippen molar-refractivity contribution in [1.29, 1.82) is 0 Å². The van der Waals surface area contributed by atoms with Crippen molar-refractivity contribution in [2.24, 2.45) is 0 Å². The quantitative estimate of drug-likeness (QED) is 0.593. The molecule has 0 heterocycles. The summed E-state index contributed by atoms with van der Waals surface area (Å²) in [5.74, 6) is -0.897. The molecule has 0 unspecified atom stereocenters. The van der Waals surface area contributed by atoms with Gasteiger partial charge in [0.15, 0.2) is 5.75 Å². The summed E-state index contributed by atoms with van der Waals surface area (Å²) in [7, 11) is 0. The Bertz CT molecular complexity index is 813. The van der Waals surface area contributed by atoms with Crippen molar-refractivity contribution in [3.05, 3.63) is 69.2 Å². The molecule has 0 radical (unpaired) electrons. The van der Waals surface area contributed by atoms with Gasteiger partial charge in [-0.2, -0.15) is 0 Å². The van der Waals surface area contributed by atoms with E-state index in [2.05, 4.69) is 10.6 Å². The molecular formula is C17H16ClN3O5. The highest BCUT2D eigenvalue weighted by atomic mass is 35.5. The highest BCUT2D eigenvalue weighted by molar-refractivity contribution is 6.30. The Morgan fingerprint density at radius 1 is 1.23 bits per heavy atom. The predicted molar refractivity (Wildman–Crippen MR) is 95.1 cm³/mol. The Morgan fingerprint density at radius 3 is 2.54 bits per heavy atom. The van der Waals surface area contributed by atoms with E-state index in [0.29, 0.717) is 12.1 Å². The van der Waals surface area contributed by atoms with Gasteiger partial charge >= 0.3 is 11.7 Å². The average Bonchev–Trinajstić information content (AvgIpc) is 2.61. The summed E-state index contributed by atoms with van der Waals surface area (Å²) in [6, 6.07) is 11.5. The summed E-state index contributed by atoms with van der Waals surface area (Å²) >= 11 is 5.79. The van der Waals surface area contributed by atoms with Crippen molar-refractivity contribution in [3.63, 3.8) is 0 Å². The molecule has 2 aromatic rings. The van der Waals surface area contributed by atoms with Crippen molar-refractivity contribution in [2.45, 2.75) is 13.0 Å². The number of ether oxygens (including phenoxy) is 1. The van der Waals surface area contributed by atoms with Gasteiger partial charge in [0.2, 0.25) is 6.10 Å². The number of hydrogen-bond acceptors (Lipinski definition) is 5. The predicted octanol–water partition coefficient (Wildman–Crippen LogP) is 3.21. The average molecular weight is 378 g/mol. The van der Waals surface area contributed by atoms with Gasteiger partial charge in [-0.3, -0.25) is 20.2 Å². The minimum Gasteiger partial charge on any atom is -0.469 e. The topological polar surface area (TPSA) is 111 Å². The van der Waals surface area contributed by atoms with Crippen LogP contribution in [0.25, 0.3) is 0 Å². The fraction of sp³-hybridized carbons (Fsp3) is 0.176. The van der Waals surface area contributed by atoms with Crippen LogP contribution in [-0.4, -0.2) is 23.4 Å². The molecule has 0 saturated carbocycles. The molecule has 8 nitrogen and oxygen atoms in total. The Kier molecular flexibility index (Phi) is 6.51. The van der Waals surface area contributed by atoms with Crippen LogP contribution in [0.2, 0.25) is 5.02 Å². The minimum atomic E-state index is -1.27. The van der Waals surface area contributed by atoms with Crippen molar-refractivity contribution >= 4 is 29.2 Å². The fourth-order valence-corrected chi connectivity index (χ4v) is 2.31. The van der Waals surface area contributed by atoms with E-state index in [-0.39, 0.29) is 16.5 Å². The van der Waals surface area contributed by atoms with Gasteiger partial charge in [-0.15, -0.1) is 0 Å². The second kappa shape index (κ2) is 8.82. The van der Waals surface area contributed by atoms with E-state index in [1.165, 1.54) is 12.1 Å². The first-order chi connectivity index (χ1) is 12.4. The van der Waals surface area contributed by atoms with Crippen LogP contribution in [0.3, 0.4) is 0 Å². The normalized spacial score (nSPS) is 11.3. The minimum absolute atomic E-state index is 0.140. The van der Waals surface area contributed by atoms with Crippen LogP contribution in [0, 0.1) is 10.1 Å². The number of carbonyl (C=O) groups is 2. The molecule has 9 heteroatoms. The lowest BCUT2D eigenvalue weighted by atomic mass is 10.1. The van der Waals surface area contributed by atoms with Gasteiger partial charge in [-0.05, 0) is 19.1 Å². The number of imide groups is 1. The summed E-state index contributed by atoms with van der Waals surface area (Å²) in [4.78, 5) is 34.7. The number of carbonyl (C=O) groups excluding carboxylic acids is 2. The molecule has 0 aliphatic carbocycles. The molecule has 2 rings (SSSR count). The maximum absolute atomic E-state index is 12.5. The van der Waals surface area contributed by atoms with Crippen molar-refractivity contribution in [3.8, 4) is 5.75 Å². The third-order valence-corrected chi connectivity index (χ3v) is 3.51. The number of benzene rings is 2. The summed E-state index contributed by atoms with van der Waals surface area (Å²) in [6.45, 7) is 2.03. The number of rotatable bonds is 6. The van der Waals surface area contributed by atoms with Gasteiger partial charge < -0.3 is 10.1 Å². The summed E-state index contributed by atoms with van der Waals surface area (Å²) < 4.78 is 5.60. The van der Waals surface area contributed by atoms with E-state index in [1.54, 1.807) is 37.3 Å². The van der Waals surface area contributed by atoms with Crippen LogP contribution in [-0.2, 0) is 4.79 Å². The zero-order valence-corrected chi connectivity index (χ0v) is 14.5. The fourth-order valence-electron chi connectivity index (χ4n) is 2.14. The van der Waals surface area contributed by atoms with Crippen LogP contribution < -0.4 is 15.4 Å². The number of urea groups is 1. The molecule has 1 atom stereocenters. The maximum Gasteiger partial charge on any atom is 0.321 e. The second-order valence-corrected chi connectivity index (χ2v) is 5.56. The van der Waals surface area contributed by atoms with Crippen molar-refractivity contribution in [1.82, 2.24) is 10.6 Å². The van der Waals surface area contributed by atoms with Crippen LogP contribution in [0.15, 0.2) is 48.5 Å². The van der Waals surface area contributed by atoms with Crippen LogP contribution in [0.1, 0.15) is 18.6 Å². The molecule has 2 aromatic carbocycles. The number of nitrogens with zero attached hydrogens (tertiary/aromatic N) is 1. The van der Waals surface area contributed by atoms with E-state index in [9.17, 15) is 19.7 Å². The molecule has 0 fully saturated rings. The zero-order chi connectivity index (χ0) is 19.1. The molecule has 136 valence electrons. The van der Waals surface area contributed by atoms with E-state index in [0.717, 1.165) is 6.07 Å². The van der Waals surface area contributed by atoms with Crippen molar-refractivity contribution in [2.75, 3.05) is 6.54 Å². The largest absolute Gasteiger partial charge is 0.469 e. The van der Waals surface area contributed by atoms with Crippen molar-refractivity contribution < 1.29 is 19.2 Å². The first-order valence-electron chi connectivity index (χ1n) is 7.66. The van der Waals surface area contributed by atoms with Gasteiger partial charge in [0.05, 0.1) is 4.92 Å². The van der Waals surface area contributed by atoms with Gasteiger partial charge in [0.1, 0.15) is 0 Å². The van der Waals surface area contributed by atoms with Gasteiger partial charge in [0.25, 0.3) is 5.91 Å². The Labute approximate surface area is 154 Å². The Hall–Kier alpha value is -3.13. The van der Waals surface area contributed by atoms with E-state index < -0.39 is 23.0 Å². The first kappa shape index (κ1) is 19.2. The second-order valence-electron chi connectivity index (χ2n) is 5.13. The number of hydrogen-bond donors (Lipinski definition) is 2. The number of amides is 3. The number of halogens is 1. The third-order valence-electron chi connectivity index (χ3n) is 3.28. The molecule has 0 aliphatic rings. The smallest absolute Gasteiger partial charge is 0.321 e. The third kappa shape index (κ3) is 4.93. The number of nitro groups is 1. The lowest BCUT2D eigenvalue weighted by Crippen LogP contribution is -2.42. The van der Waals surface area contributed by atoms with E-state index in [4.69, 9.17) is 16.3 Å². The molecule has 2 N–H and O–H groups in total. The molecule has 0 aliphatic heterocycles. The molecule has 0 saturated heterocycles. The summed E-state index contributed by atoms with van der Waals surface area (Å²) in [5.41, 5.74) is 0.0442. The van der Waals surface area contributed by atoms with Crippen LogP contribution in [0.5, 0.6) is 5.75 Å². The molecule has 0 aromatic heterocycles. The summed E-state index contributed by atoms with van der Waals surface area (Å²) in [5, 5.41) is 16.0. The monoisotopic (exact) mass is 377 g/mol. The summed E-state index contributed by atoms with van der Waals surface area (Å²) in [6.07, 6.45) is -1.27. The van der Waals surface area contributed by atoms with Crippen LogP contribution in [0.4, 0.5) is 10.5 Å². The highest BCUT2D eigenvalue weighted by Crippen LogP contribution is 2.33. The van der Waals surface area contributed by atoms with Gasteiger partial charge in [-0.25, -0.2) is 4.79 Å². The zero-order valence-electron chi connectivity index (χ0n) is 13.8. The molecule has 0 bridgehead atoms. The number of nitro benzene ring substituents is 1. The standard InChI is InChI=1S/C17H16ClN3O5/c1-2-19-17(23)20-16(22)15(11-6-4-3-5-7-11)26-14-9-8-12(18)10-13(14)21(24)25/h3-10,15H,2H2,1H3,(H2,19,20,22,23)/t15-/m0/s1. The first-order valence-corrected chi connectivity index (χ1v) is 8.04. The highest BCUT2D eigenvalue weighted by Gasteiger charge is 2.27. The maximum atomic E-state index is 12.5. The molecule has 26 heavy (non-hydrogen) atoms. The van der Waals surface area contributed by atoms with Gasteiger partial charge in [0, 0.05) is 23.2 Å². The van der Waals surface area contributed by atoms with Gasteiger partial charge in [-0.1, -0.05) is 41.9 Å². The Morgan fingerprint density at radius 2 is 1.92 bits per heavy atom. The molecule has 0 spiro atoms. The SMILES string of the molecule is CCNC(=O)NC(=O)[C@@H](Oc1ccc(Cl)cc1[N+](=O)[O-])c1ccccc1. The lowest BCUT2D eigenvalue weighted by Gasteiger charge is -2.18. The molecule has 3 amide bonds. The van der Waals surface area contributed by atoms with E-state index >= 15 is 0 Å².